The highest BCUT2D eigenvalue weighted by molar-refractivity contribution is 6.35. The number of nitrogens with zero attached hydrogens (tertiary/aromatic N) is 1. The lowest BCUT2D eigenvalue weighted by Gasteiger charge is -2.29. The van der Waals surface area contributed by atoms with Crippen molar-refractivity contribution in [2.24, 2.45) is 11.8 Å². The molecule has 16 heavy (non-hydrogen) atoms. The number of rotatable bonds is 2. The van der Waals surface area contributed by atoms with Gasteiger partial charge in [-0.05, 0) is 24.7 Å². The predicted octanol–water partition coefficient (Wildman–Crippen LogP) is 1.02. The van der Waals surface area contributed by atoms with Crippen LogP contribution in [0.15, 0.2) is 0 Å². The van der Waals surface area contributed by atoms with Crippen LogP contribution in [0.3, 0.4) is 0 Å². The molecule has 92 valence electrons. The lowest BCUT2D eigenvalue weighted by Crippen LogP contribution is -2.46. The molecular weight excluding hydrogens is 204 g/mol. The van der Waals surface area contributed by atoms with Crippen LogP contribution in [-0.2, 0) is 9.59 Å². The zero-order valence-corrected chi connectivity index (χ0v) is 10.5. The second-order valence-electron chi connectivity index (χ2n) is 5.08. The average Bonchev–Trinajstić information content (AvgIpc) is 2.26. The largest absolute Gasteiger partial charge is 0.348 e. The molecule has 0 aromatic rings. The Labute approximate surface area is 97.4 Å². The van der Waals surface area contributed by atoms with E-state index in [2.05, 4.69) is 12.2 Å². The highest BCUT2D eigenvalue weighted by Crippen LogP contribution is 2.15. The van der Waals surface area contributed by atoms with Gasteiger partial charge < -0.3 is 10.2 Å². The van der Waals surface area contributed by atoms with Gasteiger partial charge in [-0.1, -0.05) is 20.8 Å². The fourth-order valence-corrected chi connectivity index (χ4v) is 1.73. The maximum Gasteiger partial charge on any atom is 0.311 e. The van der Waals surface area contributed by atoms with Crippen LogP contribution in [0, 0.1) is 11.8 Å². The number of nitrogens with one attached hydrogen (secondary N) is 1. The molecule has 0 bridgehead atoms. The highest BCUT2D eigenvalue weighted by Gasteiger charge is 2.25. The molecule has 0 saturated carbocycles. The third kappa shape index (κ3) is 3.83. The van der Waals surface area contributed by atoms with Gasteiger partial charge in [0.25, 0.3) is 0 Å². The summed E-state index contributed by atoms with van der Waals surface area (Å²) in [4.78, 5) is 24.9. The zero-order valence-electron chi connectivity index (χ0n) is 10.5. The molecule has 2 amide bonds. The van der Waals surface area contributed by atoms with Crippen molar-refractivity contribution in [1.29, 1.82) is 0 Å². The number of amides is 2. The molecule has 1 fully saturated rings. The van der Waals surface area contributed by atoms with E-state index in [4.69, 9.17) is 0 Å². The van der Waals surface area contributed by atoms with Crippen LogP contribution in [-0.4, -0.2) is 36.3 Å². The number of hydrogen-bond acceptors (Lipinski definition) is 2. The Morgan fingerprint density at radius 3 is 2.38 bits per heavy atom. The van der Waals surface area contributed by atoms with Crippen molar-refractivity contribution in [3.05, 3.63) is 0 Å². The number of likely N-dealkylation sites (tertiary alicyclic amines) is 1. The molecule has 0 spiro atoms. The molecule has 1 heterocycles. The Kier molecular flexibility index (Phi) is 4.77. The van der Waals surface area contributed by atoms with E-state index in [0.717, 1.165) is 25.9 Å². The first-order chi connectivity index (χ1) is 7.50. The second kappa shape index (κ2) is 5.87. The minimum absolute atomic E-state index is 0.368. The molecule has 4 heteroatoms. The molecule has 0 aromatic carbocycles. The van der Waals surface area contributed by atoms with Crippen LogP contribution >= 0.6 is 0 Å². The van der Waals surface area contributed by atoms with Crippen LogP contribution in [0.4, 0.5) is 0 Å². The molecular formula is C12H22N2O2. The number of carbonyl (C=O) groups excluding carboxylic acids is 2. The van der Waals surface area contributed by atoms with Gasteiger partial charge in [0, 0.05) is 19.6 Å². The monoisotopic (exact) mass is 226 g/mol. The Hall–Kier alpha value is -1.06. The first-order valence-corrected chi connectivity index (χ1v) is 6.07. The molecule has 0 aliphatic carbocycles. The minimum Gasteiger partial charge on any atom is -0.348 e. The smallest absolute Gasteiger partial charge is 0.311 e. The fourth-order valence-electron chi connectivity index (χ4n) is 1.73. The van der Waals surface area contributed by atoms with Gasteiger partial charge in [0.2, 0.25) is 0 Å². The van der Waals surface area contributed by atoms with E-state index >= 15 is 0 Å². The van der Waals surface area contributed by atoms with Gasteiger partial charge in [-0.2, -0.15) is 0 Å². The summed E-state index contributed by atoms with van der Waals surface area (Å²) in [6, 6.07) is 0. The van der Waals surface area contributed by atoms with Crippen molar-refractivity contribution in [3.63, 3.8) is 0 Å². The SMILES string of the molecule is CC(C)CNC(=O)C(=O)N1CCC(C)CC1. The molecule has 0 atom stereocenters. The van der Waals surface area contributed by atoms with E-state index in [1.807, 2.05) is 13.8 Å². The van der Waals surface area contributed by atoms with Gasteiger partial charge in [0.05, 0.1) is 0 Å². The van der Waals surface area contributed by atoms with Gasteiger partial charge in [0.1, 0.15) is 0 Å². The average molecular weight is 226 g/mol. The quantitative estimate of drug-likeness (QED) is 0.715. The van der Waals surface area contributed by atoms with Crippen LogP contribution in [0.25, 0.3) is 0 Å². The van der Waals surface area contributed by atoms with Crippen molar-refractivity contribution in [2.75, 3.05) is 19.6 Å². The summed E-state index contributed by atoms with van der Waals surface area (Å²) in [6.45, 7) is 8.19. The summed E-state index contributed by atoms with van der Waals surface area (Å²) in [6.07, 6.45) is 2.01. The van der Waals surface area contributed by atoms with Gasteiger partial charge >= 0.3 is 11.8 Å². The molecule has 1 N–H and O–H groups in total. The topological polar surface area (TPSA) is 49.4 Å². The second-order valence-corrected chi connectivity index (χ2v) is 5.08. The Morgan fingerprint density at radius 1 is 1.31 bits per heavy atom. The van der Waals surface area contributed by atoms with Gasteiger partial charge in [-0.25, -0.2) is 0 Å². The van der Waals surface area contributed by atoms with E-state index in [1.165, 1.54) is 0 Å². The maximum atomic E-state index is 11.7. The molecule has 1 saturated heterocycles. The van der Waals surface area contributed by atoms with Crippen LogP contribution in [0.5, 0.6) is 0 Å². The van der Waals surface area contributed by atoms with Crippen molar-refractivity contribution in [2.45, 2.75) is 33.6 Å². The van der Waals surface area contributed by atoms with Crippen LogP contribution in [0.1, 0.15) is 33.6 Å². The van der Waals surface area contributed by atoms with E-state index < -0.39 is 5.91 Å². The van der Waals surface area contributed by atoms with E-state index in [1.54, 1.807) is 4.90 Å². The molecule has 1 aliphatic rings. The summed E-state index contributed by atoms with van der Waals surface area (Å²) < 4.78 is 0. The van der Waals surface area contributed by atoms with E-state index in [0.29, 0.717) is 18.4 Å². The maximum absolute atomic E-state index is 11.7. The standard InChI is InChI=1S/C12H22N2O2/c1-9(2)8-13-11(15)12(16)14-6-4-10(3)5-7-14/h9-10H,4-8H2,1-3H3,(H,13,15). The zero-order chi connectivity index (χ0) is 12.1. The number of piperidine rings is 1. The summed E-state index contributed by atoms with van der Waals surface area (Å²) in [7, 11) is 0. The molecule has 0 radical (unpaired) electrons. The summed E-state index contributed by atoms with van der Waals surface area (Å²) in [5.74, 6) is 0.219. The lowest BCUT2D eigenvalue weighted by atomic mass is 9.99. The highest BCUT2D eigenvalue weighted by atomic mass is 16.2. The molecule has 1 aliphatic heterocycles. The van der Waals surface area contributed by atoms with Crippen LogP contribution in [0.2, 0.25) is 0 Å². The predicted molar refractivity (Wildman–Crippen MR) is 62.8 cm³/mol. The van der Waals surface area contributed by atoms with Gasteiger partial charge in [0.15, 0.2) is 0 Å². The summed E-state index contributed by atoms with van der Waals surface area (Å²) >= 11 is 0. The van der Waals surface area contributed by atoms with Crippen molar-refractivity contribution < 1.29 is 9.59 Å². The molecule has 4 nitrogen and oxygen atoms in total. The Balaban J connectivity index is 2.36. The first kappa shape index (κ1) is 13.0. The summed E-state index contributed by atoms with van der Waals surface area (Å²) in [5, 5.41) is 2.66. The Bertz CT molecular complexity index is 256. The normalized spacial score (nSPS) is 17.6. The van der Waals surface area contributed by atoms with E-state index in [-0.39, 0.29) is 5.91 Å². The van der Waals surface area contributed by atoms with E-state index in [9.17, 15) is 9.59 Å². The fraction of sp³-hybridized carbons (Fsp3) is 0.833. The van der Waals surface area contributed by atoms with Crippen LogP contribution < -0.4 is 5.32 Å². The van der Waals surface area contributed by atoms with Gasteiger partial charge in [-0.3, -0.25) is 9.59 Å². The van der Waals surface area contributed by atoms with Gasteiger partial charge in [-0.15, -0.1) is 0 Å². The number of hydrogen-bond donors (Lipinski definition) is 1. The third-order valence-electron chi connectivity index (χ3n) is 2.94. The number of carbonyl (C=O) groups is 2. The van der Waals surface area contributed by atoms with Crippen molar-refractivity contribution in [1.82, 2.24) is 10.2 Å². The molecule has 0 unspecified atom stereocenters. The van der Waals surface area contributed by atoms with Crippen molar-refractivity contribution >= 4 is 11.8 Å². The minimum atomic E-state index is -0.455. The molecule has 1 rings (SSSR count). The van der Waals surface area contributed by atoms with Crippen molar-refractivity contribution in [3.8, 4) is 0 Å². The third-order valence-corrected chi connectivity index (χ3v) is 2.94. The summed E-state index contributed by atoms with van der Waals surface area (Å²) in [5.41, 5.74) is 0. The first-order valence-electron chi connectivity index (χ1n) is 6.07. The lowest BCUT2D eigenvalue weighted by molar-refractivity contribution is -0.146. The molecule has 0 aromatic heterocycles. The Morgan fingerprint density at radius 2 is 1.88 bits per heavy atom.